The van der Waals surface area contributed by atoms with E-state index < -0.39 is 4.92 Å². The topological polar surface area (TPSA) is 72.7 Å². The van der Waals surface area contributed by atoms with E-state index >= 15 is 0 Å². The molecule has 6 nitrogen and oxygen atoms in total. The Morgan fingerprint density at radius 1 is 1.12 bits per heavy atom. The van der Waals surface area contributed by atoms with Gasteiger partial charge in [0.2, 0.25) is 0 Å². The number of nitro groups is 1. The van der Waals surface area contributed by atoms with Gasteiger partial charge in [-0.05, 0) is 57.8 Å². The van der Waals surface area contributed by atoms with Crippen LogP contribution in [0.4, 0.5) is 5.69 Å². The number of halogens is 1. The Labute approximate surface area is 214 Å². The van der Waals surface area contributed by atoms with Crippen LogP contribution in [0.2, 0.25) is 0 Å². The van der Waals surface area contributed by atoms with Crippen LogP contribution in [0.25, 0.3) is 6.08 Å². The van der Waals surface area contributed by atoms with Crippen LogP contribution in [-0.4, -0.2) is 20.1 Å². The number of thioether (sulfide) groups is 1. The maximum atomic E-state index is 12.9. The second-order valence-electron chi connectivity index (χ2n) is 7.66. The normalized spacial score (nSPS) is 14.6. The lowest BCUT2D eigenvalue weighted by atomic mass is 10.1. The summed E-state index contributed by atoms with van der Waals surface area (Å²) in [6.07, 6.45) is 1.81. The molecule has 0 aliphatic carbocycles. The Morgan fingerprint density at radius 3 is 2.59 bits per heavy atom. The third-order valence-electron chi connectivity index (χ3n) is 5.10. The molecule has 1 amide bonds. The summed E-state index contributed by atoms with van der Waals surface area (Å²) >= 11 is 10.2. The standard InChI is InChI=1S/C25H19BrN2O4S2/c1-16-5-7-17(8-6-16)14-27-24(29)23(34-25(27)33)13-18-9-10-22(21(26)12-18)32-15-19-3-2-4-20(11-19)28(30)31/h2-13H,14-15H2,1H3/b23-13-. The lowest BCUT2D eigenvalue weighted by molar-refractivity contribution is -0.384. The first-order chi connectivity index (χ1) is 16.3. The van der Waals surface area contributed by atoms with E-state index in [-0.39, 0.29) is 18.2 Å². The molecule has 0 saturated carbocycles. The number of carbonyl (C=O) groups excluding carboxylic acids is 1. The van der Waals surface area contributed by atoms with Crippen molar-refractivity contribution >= 4 is 61.9 Å². The second-order valence-corrected chi connectivity index (χ2v) is 10.2. The molecule has 1 aliphatic heterocycles. The number of non-ortho nitro benzene ring substituents is 1. The van der Waals surface area contributed by atoms with Crippen LogP contribution in [0, 0.1) is 17.0 Å². The molecule has 1 fully saturated rings. The molecule has 0 unspecified atom stereocenters. The largest absolute Gasteiger partial charge is 0.488 e. The zero-order valence-electron chi connectivity index (χ0n) is 18.1. The molecular formula is C25H19BrN2O4S2. The number of carbonyl (C=O) groups is 1. The van der Waals surface area contributed by atoms with Gasteiger partial charge >= 0.3 is 0 Å². The Bertz CT molecular complexity index is 1310. The van der Waals surface area contributed by atoms with Crippen molar-refractivity contribution in [3.05, 3.63) is 108 Å². The van der Waals surface area contributed by atoms with E-state index in [1.807, 2.05) is 49.4 Å². The Balaban J connectivity index is 1.44. The van der Waals surface area contributed by atoms with E-state index in [4.69, 9.17) is 17.0 Å². The van der Waals surface area contributed by atoms with Crippen LogP contribution in [-0.2, 0) is 17.9 Å². The maximum Gasteiger partial charge on any atom is 0.269 e. The monoisotopic (exact) mass is 554 g/mol. The number of benzene rings is 3. The number of hydrogen-bond acceptors (Lipinski definition) is 6. The van der Waals surface area contributed by atoms with Gasteiger partial charge in [-0.2, -0.15) is 0 Å². The number of nitro benzene ring substituents is 1. The molecular weight excluding hydrogens is 536 g/mol. The van der Waals surface area contributed by atoms with Gasteiger partial charge in [0.1, 0.15) is 16.7 Å². The van der Waals surface area contributed by atoms with Crippen LogP contribution in [0.1, 0.15) is 22.3 Å². The number of thiocarbonyl (C=S) groups is 1. The lowest BCUT2D eigenvalue weighted by Crippen LogP contribution is -2.27. The Kier molecular flexibility index (Phi) is 7.45. The number of amides is 1. The summed E-state index contributed by atoms with van der Waals surface area (Å²) in [5.74, 6) is 0.480. The number of hydrogen-bond donors (Lipinski definition) is 0. The molecule has 0 radical (unpaired) electrons. The van der Waals surface area contributed by atoms with Crippen molar-refractivity contribution in [1.82, 2.24) is 4.90 Å². The number of nitrogens with zero attached hydrogens (tertiary/aromatic N) is 2. The fraction of sp³-hybridized carbons (Fsp3) is 0.120. The number of ether oxygens (including phenoxy) is 1. The molecule has 3 aromatic carbocycles. The summed E-state index contributed by atoms with van der Waals surface area (Å²) in [6, 6.07) is 19.9. The van der Waals surface area contributed by atoms with Gasteiger partial charge in [-0.1, -0.05) is 72.0 Å². The highest BCUT2D eigenvalue weighted by Gasteiger charge is 2.32. The highest BCUT2D eigenvalue weighted by atomic mass is 79.9. The predicted molar refractivity (Wildman–Crippen MR) is 141 cm³/mol. The van der Waals surface area contributed by atoms with E-state index in [0.29, 0.717) is 31.6 Å². The van der Waals surface area contributed by atoms with E-state index in [9.17, 15) is 14.9 Å². The van der Waals surface area contributed by atoms with Gasteiger partial charge in [0.05, 0.1) is 20.8 Å². The predicted octanol–water partition coefficient (Wildman–Crippen LogP) is 6.65. The quantitative estimate of drug-likeness (QED) is 0.141. The molecule has 0 aromatic heterocycles. The fourth-order valence-electron chi connectivity index (χ4n) is 3.31. The van der Waals surface area contributed by atoms with Crippen LogP contribution in [0.5, 0.6) is 5.75 Å². The average molecular weight is 555 g/mol. The van der Waals surface area contributed by atoms with E-state index in [1.165, 1.54) is 23.9 Å². The molecule has 0 N–H and O–H groups in total. The van der Waals surface area contributed by atoms with Crippen molar-refractivity contribution in [2.45, 2.75) is 20.1 Å². The smallest absolute Gasteiger partial charge is 0.269 e. The van der Waals surface area contributed by atoms with Gasteiger partial charge in [0.15, 0.2) is 0 Å². The van der Waals surface area contributed by atoms with Crippen LogP contribution in [0.15, 0.2) is 76.1 Å². The van der Waals surface area contributed by atoms with E-state index in [1.54, 1.807) is 23.1 Å². The van der Waals surface area contributed by atoms with Gasteiger partial charge in [-0.15, -0.1) is 0 Å². The molecule has 9 heteroatoms. The molecule has 3 aromatic rings. The zero-order chi connectivity index (χ0) is 24.2. The van der Waals surface area contributed by atoms with Gasteiger partial charge in [0.25, 0.3) is 11.6 Å². The summed E-state index contributed by atoms with van der Waals surface area (Å²) in [5.41, 5.74) is 3.73. The summed E-state index contributed by atoms with van der Waals surface area (Å²) in [4.78, 5) is 25.6. The number of rotatable bonds is 7. The van der Waals surface area contributed by atoms with Gasteiger partial charge < -0.3 is 4.74 Å². The summed E-state index contributed by atoms with van der Waals surface area (Å²) in [7, 11) is 0. The van der Waals surface area contributed by atoms with Gasteiger partial charge in [-0.25, -0.2) is 0 Å². The fourth-order valence-corrected chi connectivity index (χ4v) is 5.07. The van der Waals surface area contributed by atoms with Crippen LogP contribution < -0.4 is 4.74 Å². The minimum absolute atomic E-state index is 0.0233. The minimum Gasteiger partial charge on any atom is -0.488 e. The molecule has 0 bridgehead atoms. The highest BCUT2D eigenvalue weighted by molar-refractivity contribution is 9.10. The maximum absolute atomic E-state index is 12.9. The van der Waals surface area contributed by atoms with Crippen molar-refractivity contribution < 1.29 is 14.5 Å². The third kappa shape index (κ3) is 5.72. The Morgan fingerprint density at radius 2 is 1.88 bits per heavy atom. The lowest BCUT2D eigenvalue weighted by Gasteiger charge is -2.14. The van der Waals surface area contributed by atoms with Crippen molar-refractivity contribution in [3.8, 4) is 5.75 Å². The molecule has 1 heterocycles. The molecule has 0 spiro atoms. The second kappa shape index (κ2) is 10.5. The first-order valence-electron chi connectivity index (χ1n) is 10.3. The SMILES string of the molecule is Cc1ccc(CN2C(=O)/C(=C/c3ccc(OCc4cccc([N+](=O)[O-])c4)c(Br)c3)SC2=S)cc1. The molecule has 172 valence electrons. The van der Waals surface area contributed by atoms with Gasteiger partial charge in [-0.3, -0.25) is 19.8 Å². The van der Waals surface area contributed by atoms with Crippen LogP contribution in [0.3, 0.4) is 0 Å². The summed E-state index contributed by atoms with van der Waals surface area (Å²) in [6.45, 7) is 2.65. The Hall–Kier alpha value is -3.01. The summed E-state index contributed by atoms with van der Waals surface area (Å²) in [5, 5.41) is 10.9. The zero-order valence-corrected chi connectivity index (χ0v) is 21.3. The average Bonchev–Trinajstić information content (AvgIpc) is 3.07. The van der Waals surface area contributed by atoms with Crippen molar-refractivity contribution in [3.63, 3.8) is 0 Å². The van der Waals surface area contributed by atoms with Crippen molar-refractivity contribution in [1.29, 1.82) is 0 Å². The molecule has 34 heavy (non-hydrogen) atoms. The summed E-state index contributed by atoms with van der Waals surface area (Å²) < 4.78 is 7.07. The first-order valence-corrected chi connectivity index (χ1v) is 12.3. The first kappa shape index (κ1) is 24.1. The van der Waals surface area contributed by atoms with Crippen LogP contribution >= 0.6 is 39.9 Å². The molecule has 4 rings (SSSR count). The third-order valence-corrected chi connectivity index (χ3v) is 7.10. The molecule has 1 aliphatic rings. The van der Waals surface area contributed by atoms with Crippen molar-refractivity contribution in [2.24, 2.45) is 0 Å². The number of aryl methyl sites for hydroxylation is 1. The van der Waals surface area contributed by atoms with Gasteiger partial charge in [0, 0.05) is 12.1 Å². The minimum atomic E-state index is -0.433. The van der Waals surface area contributed by atoms with Crippen molar-refractivity contribution in [2.75, 3.05) is 0 Å². The highest BCUT2D eigenvalue weighted by Crippen LogP contribution is 2.35. The van der Waals surface area contributed by atoms with E-state index in [0.717, 1.165) is 16.7 Å². The molecule has 0 atom stereocenters. The molecule has 1 saturated heterocycles. The van der Waals surface area contributed by atoms with E-state index in [2.05, 4.69) is 15.9 Å².